The highest BCUT2D eigenvalue weighted by molar-refractivity contribution is 7.14. The Bertz CT molecular complexity index is 1270. The van der Waals surface area contributed by atoms with Crippen molar-refractivity contribution in [3.05, 3.63) is 94.3 Å². The Labute approximate surface area is 207 Å². The summed E-state index contributed by atoms with van der Waals surface area (Å²) in [4.78, 5) is 17.1. The van der Waals surface area contributed by atoms with E-state index in [-0.39, 0.29) is 5.91 Å². The van der Waals surface area contributed by atoms with Gasteiger partial charge in [-0.3, -0.25) is 4.79 Å². The van der Waals surface area contributed by atoms with Gasteiger partial charge in [0.05, 0.1) is 18.5 Å². The highest BCUT2D eigenvalue weighted by atomic mass is 35.5. The van der Waals surface area contributed by atoms with Gasteiger partial charge in [0, 0.05) is 27.2 Å². The van der Waals surface area contributed by atoms with Crippen LogP contribution in [0.2, 0.25) is 5.02 Å². The number of hydrogen-bond donors (Lipinski definition) is 2. The van der Waals surface area contributed by atoms with Gasteiger partial charge < -0.3 is 10.1 Å². The van der Waals surface area contributed by atoms with Gasteiger partial charge >= 0.3 is 0 Å². The van der Waals surface area contributed by atoms with Crippen LogP contribution < -0.4 is 15.5 Å². The number of hydrazone groups is 1. The number of carbonyl (C=O) groups excluding carboxylic acids is 1. The Hall–Kier alpha value is -3.68. The van der Waals surface area contributed by atoms with E-state index >= 15 is 0 Å². The van der Waals surface area contributed by atoms with Crippen molar-refractivity contribution < 1.29 is 9.53 Å². The molecular formula is C26H23ClN4O2S. The minimum atomic E-state index is -0.287. The van der Waals surface area contributed by atoms with Crippen molar-refractivity contribution in [1.82, 2.24) is 10.4 Å². The number of thiazole rings is 1. The number of amides is 1. The fourth-order valence-electron chi connectivity index (χ4n) is 3.05. The summed E-state index contributed by atoms with van der Waals surface area (Å²) < 4.78 is 5.61. The van der Waals surface area contributed by atoms with Gasteiger partial charge in [0.1, 0.15) is 5.75 Å². The highest BCUT2D eigenvalue weighted by Gasteiger charge is 2.08. The molecule has 0 spiro atoms. The van der Waals surface area contributed by atoms with Gasteiger partial charge in [0.15, 0.2) is 5.13 Å². The van der Waals surface area contributed by atoms with Crippen molar-refractivity contribution in [1.29, 1.82) is 0 Å². The normalized spacial score (nSPS) is 10.9. The number of halogens is 1. The number of hydrogen-bond acceptors (Lipinski definition) is 6. The van der Waals surface area contributed by atoms with E-state index in [1.54, 1.807) is 18.3 Å². The van der Waals surface area contributed by atoms with Crippen molar-refractivity contribution in [2.24, 2.45) is 5.10 Å². The molecule has 1 amide bonds. The van der Waals surface area contributed by atoms with Gasteiger partial charge in [-0.15, -0.1) is 11.3 Å². The van der Waals surface area contributed by atoms with Gasteiger partial charge in [0.25, 0.3) is 5.91 Å². The number of nitrogens with one attached hydrogen (secondary N) is 2. The Morgan fingerprint density at radius 3 is 2.68 bits per heavy atom. The van der Waals surface area contributed by atoms with Crippen LogP contribution in [0.15, 0.2) is 83.3 Å². The average Bonchev–Trinajstić information content (AvgIpc) is 3.33. The molecule has 0 saturated carbocycles. The van der Waals surface area contributed by atoms with E-state index in [2.05, 4.69) is 27.8 Å². The molecule has 0 fully saturated rings. The maximum absolute atomic E-state index is 12.4. The van der Waals surface area contributed by atoms with Crippen LogP contribution in [0.25, 0.3) is 11.3 Å². The first-order valence-electron chi connectivity index (χ1n) is 10.8. The molecule has 1 heterocycles. The first-order chi connectivity index (χ1) is 16.6. The molecule has 172 valence electrons. The third kappa shape index (κ3) is 6.43. The van der Waals surface area contributed by atoms with E-state index in [1.807, 2.05) is 66.0 Å². The molecule has 8 heteroatoms. The summed E-state index contributed by atoms with van der Waals surface area (Å²) in [6.45, 7) is 2.72. The molecule has 0 radical (unpaired) electrons. The van der Waals surface area contributed by atoms with E-state index in [9.17, 15) is 4.79 Å². The minimum Gasteiger partial charge on any atom is -0.494 e. The average molecular weight is 491 g/mol. The summed E-state index contributed by atoms with van der Waals surface area (Å²) in [6, 6.07) is 22.3. The largest absolute Gasteiger partial charge is 0.494 e. The number of carbonyl (C=O) groups is 1. The Morgan fingerprint density at radius 2 is 1.91 bits per heavy atom. The third-order valence-electron chi connectivity index (χ3n) is 4.75. The topological polar surface area (TPSA) is 75.6 Å². The van der Waals surface area contributed by atoms with Gasteiger partial charge in [-0.25, -0.2) is 10.4 Å². The van der Waals surface area contributed by atoms with Gasteiger partial charge in [-0.2, -0.15) is 5.10 Å². The molecule has 0 bridgehead atoms. The van der Waals surface area contributed by atoms with Crippen molar-refractivity contribution in [2.45, 2.75) is 13.3 Å². The second kappa shape index (κ2) is 11.4. The number of benzene rings is 3. The standard InChI is InChI=1S/C26H23ClN4O2S/c1-2-14-33-23-5-3-4-18(15-23)16-28-31-25(32)20-8-6-19(7-9-20)24-17-34-26(30-24)29-22-12-10-21(27)11-13-22/h3-13,15-17H,2,14H2,1H3,(H,29,30)(H,31,32)/b28-16-. The van der Waals surface area contributed by atoms with Crippen LogP contribution in [-0.4, -0.2) is 23.7 Å². The van der Waals surface area contributed by atoms with E-state index in [4.69, 9.17) is 16.3 Å². The first kappa shape index (κ1) is 23.5. The summed E-state index contributed by atoms with van der Waals surface area (Å²) in [6.07, 6.45) is 2.53. The lowest BCUT2D eigenvalue weighted by Crippen LogP contribution is -2.17. The van der Waals surface area contributed by atoms with Crippen molar-refractivity contribution in [3.8, 4) is 17.0 Å². The zero-order valence-electron chi connectivity index (χ0n) is 18.5. The minimum absolute atomic E-state index is 0.287. The lowest BCUT2D eigenvalue weighted by Gasteiger charge is -2.05. The van der Waals surface area contributed by atoms with E-state index in [1.165, 1.54) is 11.3 Å². The van der Waals surface area contributed by atoms with Crippen LogP contribution in [0, 0.1) is 0 Å². The fraction of sp³-hybridized carbons (Fsp3) is 0.115. The van der Waals surface area contributed by atoms with E-state index in [0.717, 1.165) is 39.8 Å². The van der Waals surface area contributed by atoms with Crippen LogP contribution in [0.4, 0.5) is 10.8 Å². The molecule has 34 heavy (non-hydrogen) atoms. The van der Waals surface area contributed by atoms with E-state index in [0.29, 0.717) is 17.2 Å². The zero-order chi connectivity index (χ0) is 23.8. The molecule has 6 nitrogen and oxygen atoms in total. The monoisotopic (exact) mass is 490 g/mol. The molecular weight excluding hydrogens is 468 g/mol. The van der Waals surface area contributed by atoms with Crippen molar-refractivity contribution in [2.75, 3.05) is 11.9 Å². The molecule has 4 rings (SSSR count). The summed E-state index contributed by atoms with van der Waals surface area (Å²) in [5.41, 5.74) is 6.58. The van der Waals surface area contributed by atoms with Crippen LogP contribution in [-0.2, 0) is 0 Å². The Morgan fingerprint density at radius 1 is 1.12 bits per heavy atom. The second-order valence-corrected chi connectivity index (χ2v) is 8.66. The molecule has 0 saturated heterocycles. The number of aromatic nitrogens is 1. The molecule has 0 aliphatic rings. The lowest BCUT2D eigenvalue weighted by atomic mass is 10.1. The van der Waals surface area contributed by atoms with E-state index < -0.39 is 0 Å². The summed E-state index contributed by atoms with van der Waals surface area (Å²) in [5, 5.41) is 10.8. The molecule has 3 aromatic carbocycles. The highest BCUT2D eigenvalue weighted by Crippen LogP contribution is 2.27. The fourth-order valence-corrected chi connectivity index (χ4v) is 3.91. The van der Waals surface area contributed by atoms with Crippen LogP contribution in [0.5, 0.6) is 5.75 Å². The SMILES string of the molecule is CCCOc1cccc(/C=N\NC(=O)c2ccc(-c3csc(Nc4ccc(Cl)cc4)n3)cc2)c1. The maximum atomic E-state index is 12.4. The Kier molecular flexibility index (Phi) is 7.91. The van der Waals surface area contributed by atoms with Crippen molar-refractivity contribution >= 4 is 45.9 Å². The Balaban J connectivity index is 1.34. The lowest BCUT2D eigenvalue weighted by molar-refractivity contribution is 0.0955. The first-order valence-corrected chi connectivity index (χ1v) is 12.0. The number of ether oxygens (including phenoxy) is 1. The maximum Gasteiger partial charge on any atom is 0.271 e. The third-order valence-corrected chi connectivity index (χ3v) is 5.76. The van der Waals surface area contributed by atoms with Crippen molar-refractivity contribution in [3.63, 3.8) is 0 Å². The molecule has 0 unspecified atom stereocenters. The van der Waals surface area contributed by atoms with Gasteiger partial charge in [-0.1, -0.05) is 42.8 Å². The van der Waals surface area contributed by atoms with Crippen LogP contribution in [0.1, 0.15) is 29.3 Å². The summed E-state index contributed by atoms with van der Waals surface area (Å²) in [5.74, 6) is 0.492. The number of anilines is 2. The summed E-state index contributed by atoms with van der Waals surface area (Å²) in [7, 11) is 0. The molecule has 0 aliphatic heterocycles. The molecule has 0 atom stereocenters. The predicted molar refractivity (Wildman–Crippen MR) is 140 cm³/mol. The quantitative estimate of drug-likeness (QED) is 0.201. The molecule has 0 aliphatic carbocycles. The smallest absolute Gasteiger partial charge is 0.271 e. The molecule has 1 aromatic heterocycles. The van der Waals surface area contributed by atoms with Crippen LogP contribution in [0.3, 0.4) is 0 Å². The second-order valence-electron chi connectivity index (χ2n) is 7.37. The number of nitrogens with zero attached hydrogens (tertiary/aromatic N) is 2. The zero-order valence-corrected chi connectivity index (χ0v) is 20.1. The van der Waals surface area contributed by atoms with Crippen LogP contribution >= 0.6 is 22.9 Å². The predicted octanol–water partition coefficient (Wildman–Crippen LogP) is 6.76. The number of rotatable bonds is 9. The van der Waals surface area contributed by atoms with Gasteiger partial charge in [0.2, 0.25) is 0 Å². The molecule has 4 aromatic rings. The van der Waals surface area contributed by atoms with Gasteiger partial charge in [-0.05, 0) is 60.5 Å². The molecule has 2 N–H and O–H groups in total. The summed E-state index contributed by atoms with van der Waals surface area (Å²) >= 11 is 7.43.